The van der Waals surface area contributed by atoms with Gasteiger partial charge in [-0.15, -0.1) is 0 Å². The molecule has 2 fully saturated rings. The Bertz CT molecular complexity index is 381. The van der Waals surface area contributed by atoms with E-state index in [1.54, 1.807) is 0 Å². The molecule has 2 heteroatoms. The molecule has 1 aromatic rings. The summed E-state index contributed by atoms with van der Waals surface area (Å²) in [6, 6.07) is 10.9. The van der Waals surface area contributed by atoms with Crippen LogP contribution in [-0.4, -0.2) is 24.8 Å². The highest BCUT2D eigenvalue weighted by atomic mass is 16.5. The van der Waals surface area contributed by atoms with Gasteiger partial charge in [-0.3, -0.25) is 0 Å². The zero-order valence-corrected chi connectivity index (χ0v) is 11.2. The molecule has 1 saturated carbocycles. The molecule has 0 amide bonds. The van der Waals surface area contributed by atoms with Gasteiger partial charge < -0.3 is 10.1 Å². The molecule has 1 aliphatic heterocycles. The van der Waals surface area contributed by atoms with Crippen molar-refractivity contribution in [2.75, 3.05) is 13.1 Å². The Morgan fingerprint density at radius 2 is 1.89 bits per heavy atom. The summed E-state index contributed by atoms with van der Waals surface area (Å²) in [5, 5.41) is 3.52. The Labute approximate surface area is 110 Å². The first-order chi connectivity index (χ1) is 8.77. The second kappa shape index (κ2) is 5.02. The fraction of sp³-hybridized carbons (Fsp3) is 0.625. The summed E-state index contributed by atoms with van der Waals surface area (Å²) in [7, 11) is 0. The van der Waals surface area contributed by atoms with E-state index in [0.717, 1.165) is 19.0 Å². The lowest BCUT2D eigenvalue weighted by atomic mass is 9.75. The first-order valence-corrected chi connectivity index (χ1v) is 7.21. The molecule has 0 bridgehead atoms. The SMILES string of the molecule is CC1CNCC2(CCC(c3ccccc3)CC2)O1. The Kier molecular flexibility index (Phi) is 3.40. The summed E-state index contributed by atoms with van der Waals surface area (Å²) in [6.07, 6.45) is 5.29. The van der Waals surface area contributed by atoms with Crippen LogP contribution in [0, 0.1) is 0 Å². The zero-order chi connectivity index (χ0) is 12.4. The molecule has 3 rings (SSSR count). The summed E-state index contributed by atoms with van der Waals surface area (Å²) in [5.41, 5.74) is 1.63. The molecule has 98 valence electrons. The third-order valence-electron chi connectivity index (χ3n) is 4.50. The first-order valence-electron chi connectivity index (χ1n) is 7.21. The minimum Gasteiger partial charge on any atom is -0.369 e. The van der Waals surface area contributed by atoms with Gasteiger partial charge in [0, 0.05) is 13.1 Å². The maximum absolute atomic E-state index is 6.24. The zero-order valence-electron chi connectivity index (χ0n) is 11.2. The van der Waals surface area contributed by atoms with Gasteiger partial charge in [0.15, 0.2) is 0 Å². The van der Waals surface area contributed by atoms with Gasteiger partial charge in [0.2, 0.25) is 0 Å². The molecule has 18 heavy (non-hydrogen) atoms. The van der Waals surface area contributed by atoms with E-state index in [-0.39, 0.29) is 5.60 Å². The second-order valence-electron chi connectivity index (χ2n) is 5.93. The van der Waals surface area contributed by atoms with Crippen molar-refractivity contribution < 1.29 is 4.74 Å². The van der Waals surface area contributed by atoms with Crippen molar-refractivity contribution in [2.45, 2.75) is 50.2 Å². The van der Waals surface area contributed by atoms with Crippen molar-refractivity contribution in [3.63, 3.8) is 0 Å². The lowest BCUT2D eigenvalue weighted by Gasteiger charge is -2.45. The van der Waals surface area contributed by atoms with Crippen LogP contribution in [0.2, 0.25) is 0 Å². The van der Waals surface area contributed by atoms with Gasteiger partial charge in [-0.25, -0.2) is 0 Å². The van der Waals surface area contributed by atoms with E-state index >= 15 is 0 Å². The van der Waals surface area contributed by atoms with E-state index in [1.807, 2.05) is 0 Å². The minimum absolute atomic E-state index is 0.128. The Hall–Kier alpha value is -0.860. The van der Waals surface area contributed by atoms with Crippen molar-refractivity contribution >= 4 is 0 Å². The van der Waals surface area contributed by atoms with Crippen molar-refractivity contribution in [1.29, 1.82) is 0 Å². The van der Waals surface area contributed by atoms with Crippen LogP contribution in [0.3, 0.4) is 0 Å². The van der Waals surface area contributed by atoms with Gasteiger partial charge in [-0.2, -0.15) is 0 Å². The molecule has 1 saturated heterocycles. The maximum Gasteiger partial charge on any atom is 0.0811 e. The smallest absolute Gasteiger partial charge is 0.0811 e. The van der Waals surface area contributed by atoms with Crippen LogP contribution < -0.4 is 5.32 Å². The van der Waals surface area contributed by atoms with Gasteiger partial charge in [-0.05, 0) is 44.1 Å². The van der Waals surface area contributed by atoms with Gasteiger partial charge in [0.05, 0.1) is 11.7 Å². The number of ether oxygens (including phenoxy) is 1. The maximum atomic E-state index is 6.24. The lowest BCUT2D eigenvalue weighted by Crippen LogP contribution is -2.54. The van der Waals surface area contributed by atoms with Crippen molar-refractivity contribution in [2.24, 2.45) is 0 Å². The molecular formula is C16H23NO. The average Bonchev–Trinajstić information content (AvgIpc) is 2.40. The Balaban J connectivity index is 1.64. The summed E-state index contributed by atoms with van der Waals surface area (Å²) in [6.45, 7) is 4.22. The highest BCUT2D eigenvalue weighted by molar-refractivity contribution is 5.20. The number of hydrogen-bond acceptors (Lipinski definition) is 2. The van der Waals surface area contributed by atoms with Crippen LogP contribution in [0.4, 0.5) is 0 Å². The van der Waals surface area contributed by atoms with Gasteiger partial charge in [-0.1, -0.05) is 30.3 Å². The number of rotatable bonds is 1. The molecule has 0 aromatic heterocycles. The first kappa shape index (κ1) is 12.2. The third kappa shape index (κ3) is 2.45. The molecule has 1 N–H and O–H groups in total. The largest absolute Gasteiger partial charge is 0.369 e. The lowest BCUT2D eigenvalue weighted by molar-refractivity contribution is -0.128. The van der Waals surface area contributed by atoms with Crippen molar-refractivity contribution in [1.82, 2.24) is 5.32 Å². The predicted octanol–water partition coefficient (Wildman–Crippen LogP) is 3.09. The standard InChI is InChI=1S/C16H23NO/c1-13-11-17-12-16(18-13)9-7-15(8-10-16)14-5-3-2-4-6-14/h2-6,13,15,17H,7-12H2,1H3. The van der Waals surface area contributed by atoms with Crippen LogP contribution in [0.1, 0.15) is 44.1 Å². The van der Waals surface area contributed by atoms with Crippen LogP contribution >= 0.6 is 0 Å². The average molecular weight is 245 g/mol. The van der Waals surface area contributed by atoms with E-state index in [9.17, 15) is 0 Å². The van der Waals surface area contributed by atoms with E-state index in [4.69, 9.17) is 4.74 Å². The summed E-state index contributed by atoms with van der Waals surface area (Å²) in [4.78, 5) is 0. The molecule has 0 radical (unpaired) electrons. The molecule has 2 nitrogen and oxygen atoms in total. The normalized spacial score (nSPS) is 36.7. The second-order valence-corrected chi connectivity index (χ2v) is 5.93. The van der Waals surface area contributed by atoms with E-state index in [1.165, 1.54) is 31.2 Å². The summed E-state index contributed by atoms with van der Waals surface area (Å²) < 4.78 is 6.24. The fourth-order valence-electron chi connectivity index (χ4n) is 3.51. The van der Waals surface area contributed by atoms with Crippen molar-refractivity contribution in [3.8, 4) is 0 Å². The van der Waals surface area contributed by atoms with Crippen LogP contribution in [-0.2, 0) is 4.74 Å². The molecule has 1 atom stereocenters. The number of hydrogen-bond donors (Lipinski definition) is 1. The highest BCUT2D eigenvalue weighted by Crippen LogP contribution is 2.40. The predicted molar refractivity (Wildman–Crippen MR) is 73.8 cm³/mol. The summed E-state index contributed by atoms with van der Waals surface area (Å²) >= 11 is 0. The van der Waals surface area contributed by atoms with E-state index in [0.29, 0.717) is 6.10 Å². The minimum atomic E-state index is 0.128. The number of nitrogens with one attached hydrogen (secondary N) is 1. The number of benzene rings is 1. The van der Waals surface area contributed by atoms with Gasteiger partial charge in [0.25, 0.3) is 0 Å². The number of morpholine rings is 1. The van der Waals surface area contributed by atoms with Crippen LogP contribution in [0.5, 0.6) is 0 Å². The van der Waals surface area contributed by atoms with Crippen molar-refractivity contribution in [3.05, 3.63) is 35.9 Å². The highest BCUT2D eigenvalue weighted by Gasteiger charge is 2.39. The van der Waals surface area contributed by atoms with E-state index in [2.05, 4.69) is 42.6 Å². The molecule has 1 aliphatic carbocycles. The Morgan fingerprint density at radius 3 is 2.56 bits per heavy atom. The fourth-order valence-corrected chi connectivity index (χ4v) is 3.51. The molecule has 2 aliphatic rings. The van der Waals surface area contributed by atoms with E-state index < -0.39 is 0 Å². The molecule has 1 unspecified atom stereocenters. The molecular weight excluding hydrogens is 222 g/mol. The quantitative estimate of drug-likeness (QED) is 0.821. The molecule has 1 spiro atoms. The monoisotopic (exact) mass is 245 g/mol. The van der Waals surface area contributed by atoms with Gasteiger partial charge in [0.1, 0.15) is 0 Å². The third-order valence-corrected chi connectivity index (χ3v) is 4.50. The van der Waals surface area contributed by atoms with Crippen LogP contribution in [0.25, 0.3) is 0 Å². The molecule has 1 aromatic carbocycles. The topological polar surface area (TPSA) is 21.3 Å². The van der Waals surface area contributed by atoms with Crippen LogP contribution in [0.15, 0.2) is 30.3 Å². The summed E-state index contributed by atoms with van der Waals surface area (Å²) in [5.74, 6) is 0.734. The molecule has 1 heterocycles. The Morgan fingerprint density at radius 1 is 1.17 bits per heavy atom. The van der Waals surface area contributed by atoms with Gasteiger partial charge >= 0.3 is 0 Å².